The number of hydrogen-bond acceptors (Lipinski definition) is 2. The van der Waals surface area contributed by atoms with Crippen LogP contribution in [0, 0.1) is 12.7 Å². The maximum Gasteiger partial charge on any atom is 0.132 e. The van der Waals surface area contributed by atoms with Crippen molar-refractivity contribution < 1.29 is 16.8 Å². The summed E-state index contributed by atoms with van der Waals surface area (Å²) in [5, 5.41) is 1.28. The number of halogens is 2. The van der Waals surface area contributed by atoms with Gasteiger partial charge in [0.1, 0.15) is 10.6 Å². The number of aryl methyl sites for hydroxylation is 3. The van der Waals surface area contributed by atoms with Crippen molar-refractivity contribution in [2.75, 3.05) is 0 Å². The summed E-state index contributed by atoms with van der Waals surface area (Å²) in [6, 6.07) is 17.6. The van der Waals surface area contributed by atoms with Gasteiger partial charge in [-0.05, 0) is 67.5 Å². The van der Waals surface area contributed by atoms with E-state index in [1.807, 2.05) is 12.1 Å². The minimum absolute atomic E-state index is 0. The van der Waals surface area contributed by atoms with Crippen molar-refractivity contribution >= 4 is 21.6 Å². The minimum atomic E-state index is -0.221. The molecule has 2 aromatic heterocycles. The molecule has 28 heavy (non-hydrogen) atoms. The second kappa shape index (κ2) is 7.65. The fourth-order valence-corrected chi connectivity index (χ4v) is 5.39. The topological polar surface area (TPSA) is 12.9 Å². The molecule has 0 aliphatic heterocycles. The summed E-state index contributed by atoms with van der Waals surface area (Å²) in [5.74, 6) is -0.221. The van der Waals surface area contributed by atoms with Crippen LogP contribution < -0.4 is 12.4 Å². The van der Waals surface area contributed by atoms with E-state index in [0.29, 0.717) is 5.56 Å². The largest absolute Gasteiger partial charge is 1.00 e. The average Bonchev–Trinajstić information content (AvgIpc) is 3.06. The Balaban J connectivity index is 0.00000192. The summed E-state index contributed by atoms with van der Waals surface area (Å²) in [4.78, 5) is 7.40. The van der Waals surface area contributed by atoms with Gasteiger partial charge in [0, 0.05) is 15.8 Å². The highest BCUT2D eigenvalue weighted by Crippen LogP contribution is 2.42. The highest BCUT2D eigenvalue weighted by Gasteiger charge is 2.21. The van der Waals surface area contributed by atoms with Gasteiger partial charge in [-0.25, -0.2) is 9.37 Å². The van der Waals surface area contributed by atoms with Gasteiger partial charge in [0.15, 0.2) is 0 Å². The van der Waals surface area contributed by atoms with Gasteiger partial charge in [-0.1, -0.05) is 42.0 Å². The van der Waals surface area contributed by atoms with Crippen LogP contribution in [0.25, 0.3) is 32.6 Å². The first kappa shape index (κ1) is 19.1. The molecule has 0 saturated carbocycles. The smallest absolute Gasteiger partial charge is 0.132 e. The highest BCUT2D eigenvalue weighted by molar-refractivity contribution is 7.19. The molecule has 0 spiro atoms. The van der Waals surface area contributed by atoms with E-state index >= 15 is 0 Å². The molecule has 0 radical (unpaired) electrons. The Hall–Kier alpha value is -2.23. The Labute approximate surface area is 174 Å². The van der Waals surface area contributed by atoms with Gasteiger partial charge in [0.05, 0.1) is 5.69 Å². The zero-order valence-electron chi connectivity index (χ0n) is 15.6. The number of aromatic nitrogens is 1. The first-order valence-corrected chi connectivity index (χ1v) is 10.3. The van der Waals surface area contributed by atoms with Crippen molar-refractivity contribution in [1.29, 1.82) is 0 Å². The third kappa shape index (κ3) is 3.23. The van der Waals surface area contributed by atoms with Crippen LogP contribution in [0.1, 0.15) is 28.8 Å². The monoisotopic (exact) mass is 408 g/mol. The first-order chi connectivity index (χ1) is 13.2. The fraction of sp³-hybridized carbons (Fsp3) is 0.208. The summed E-state index contributed by atoms with van der Waals surface area (Å²) in [6.07, 6.45) is 4.74. The van der Waals surface area contributed by atoms with E-state index < -0.39 is 0 Å². The van der Waals surface area contributed by atoms with Gasteiger partial charge in [-0.15, -0.1) is 11.3 Å². The van der Waals surface area contributed by atoms with Gasteiger partial charge < -0.3 is 12.4 Å². The minimum Gasteiger partial charge on any atom is -1.00 e. The molecule has 0 unspecified atom stereocenters. The zero-order valence-corrected chi connectivity index (χ0v) is 17.2. The third-order valence-electron chi connectivity index (χ3n) is 5.40. The summed E-state index contributed by atoms with van der Waals surface area (Å²) >= 11 is 1.79. The summed E-state index contributed by atoms with van der Waals surface area (Å²) in [6.45, 7) is 2.11. The molecule has 0 N–H and O–H groups in total. The van der Waals surface area contributed by atoms with Gasteiger partial charge in [0.25, 0.3) is 0 Å². The summed E-state index contributed by atoms with van der Waals surface area (Å²) < 4.78 is 14.5. The fourth-order valence-electron chi connectivity index (χ4n) is 4.11. The number of thiophene rings is 1. The normalized spacial score (nSPS) is 13.2. The molecule has 142 valence electrons. The van der Waals surface area contributed by atoms with Crippen molar-refractivity contribution in [2.45, 2.75) is 32.6 Å². The average molecular weight is 409 g/mol. The third-order valence-corrected chi connectivity index (χ3v) is 6.59. The van der Waals surface area contributed by atoms with Crippen LogP contribution in [-0.2, 0) is 12.8 Å². The molecular weight excluding hydrogens is 389 g/mol. The van der Waals surface area contributed by atoms with E-state index in [1.165, 1.54) is 51.4 Å². The quantitative estimate of drug-likeness (QED) is 0.489. The zero-order chi connectivity index (χ0) is 18.4. The Kier molecular flexibility index (Phi) is 5.22. The van der Waals surface area contributed by atoms with Crippen LogP contribution in [0.2, 0.25) is 0 Å². The van der Waals surface area contributed by atoms with E-state index in [1.54, 1.807) is 17.4 Å². The van der Waals surface area contributed by atoms with Crippen LogP contribution >= 0.6 is 11.3 Å². The van der Waals surface area contributed by atoms with Crippen molar-refractivity contribution in [1.82, 2.24) is 4.98 Å². The maximum atomic E-state index is 14.5. The lowest BCUT2D eigenvalue weighted by atomic mass is 9.91. The van der Waals surface area contributed by atoms with E-state index in [4.69, 9.17) is 4.98 Å². The SMILES string of the molecule is Cc1cccc(-c2cc(-c3ccccc3F)nc3sc4c(c23)CCCC4)c1.[Cl-]. The van der Waals surface area contributed by atoms with Crippen molar-refractivity contribution in [3.8, 4) is 22.4 Å². The number of benzene rings is 2. The molecule has 0 atom stereocenters. The lowest BCUT2D eigenvalue weighted by Crippen LogP contribution is -3.00. The molecule has 4 aromatic rings. The molecule has 1 aliphatic carbocycles. The molecular formula is C24H20ClFNS-. The molecule has 5 rings (SSSR count). The summed E-state index contributed by atoms with van der Waals surface area (Å²) in [7, 11) is 0. The Morgan fingerprint density at radius 2 is 1.75 bits per heavy atom. The van der Waals surface area contributed by atoms with Crippen LogP contribution in [0.15, 0.2) is 54.6 Å². The number of pyridine rings is 1. The van der Waals surface area contributed by atoms with Gasteiger partial charge in [-0.2, -0.15) is 0 Å². The standard InChI is InChI=1S/C24H20FNS.ClH/c1-15-7-6-8-16(13-15)19-14-21(17-9-2-4-11-20(17)25)26-24-23(19)18-10-3-5-12-22(18)27-24;/h2,4,6-9,11,13-14H,3,5,10,12H2,1H3;1H/p-1. The van der Waals surface area contributed by atoms with Crippen molar-refractivity contribution in [2.24, 2.45) is 0 Å². The van der Waals surface area contributed by atoms with E-state index in [9.17, 15) is 4.39 Å². The molecule has 0 bridgehead atoms. The maximum absolute atomic E-state index is 14.5. The predicted molar refractivity (Wildman–Crippen MR) is 112 cm³/mol. The predicted octanol–water partition coefficient (Wildman–Crippen LogP) is 3.96. The molecule has 2 aromatic carbocycles. The second-order valence-electron chi connectivity index (χ2n) is 7.30. The second-order valence-corrected chi connectivity index (χ2v) is 8.38. The van der Waals surface area contributed by atoms with E-state index in [-0.39, 0.29) is 18.2 Å². The molecule has 0 amide bonds. The molecule has 0 fully saturated rings. The van der Waals surface area contributed by atoms with Crippen molar-refractivity contribution in [3.63, 3.8) is 0 Å². The van der Waals surface area contributed by atoms with Gasteiger partial charge >= 0.3 is 0 Å². The summed E-state index contributed by atoms with van der Waals surface area (Å²) in [5.41, 5.74) is 6.35. The Morgan fingerprint density at radius 3 is 2.57 bits per heavy atom. The molecule has 0 saturated heterocycles. The molecule has 1 nitrogen and oxygen atoms in total. The van der Waals surface area contributed by atoms with Crippen LogP contribution in [-0.4, -0.2) is 4.98 Å². The van der Waals surface area contributed by atoms with E-state index in [2.05, 4.69) is 37.3 Å². The van der Waals surface area contributed by atoms with Gasteiger partial charge in [0.2, 0.25) is 0 Å². The Morgan fingerprint density at radius 1 is 0.929 bits per heavy atom. The number of hydrogen-bond donors (Lipinski definition) is 0. The lowest BCUT2D eigenvalue weighted by molar-refractivity contribution is -0.00000587. The molecule has 2 heterocycles. The first-order valence-electron chi connectivity index (χ1n) is 9.48. The highest BCUT2D eigenvalue weighted by atomic mass is 35.5. The number of rotatable bonds is 2. The van der Waals surface area contributed by atoms with Crippen LogP contribution in [0.4, 0.5) is 4.39 Å². The van der Waals surface area contributed by atoms with Crippen LogP contribution in [0.3, 0.4) is 0 Å². The van der Waals surface area contributed by atoms with Crippen LogP contribution in [0.5, 0.6) is 0 Å². The lowest BCUT2D eigenvalue weighted by Gasteiger charge is -2.14. The number of nitrogens with zero attached hydrogens (tertiary/aromatic N) is 1. The molecule has 1 aliphatic rings. The van der Waals surface area contributed by atoms with Gasteiger partial charge in [-0.3, -0.25) is 0 Å². The Bertz CT molecular complexity index is 1160. The van der Waals surface area contributed by atoms with E-state index in [0.717, 1.165) is 23.4 Å². The number of fused-ring (bicyclic) bond motifs is 3. The molecule has 4 heteroatoms. The van der Waals surface area contributed by atoms with Crippen molar-refractivity contribution in [3.05, 3.63) is 76.4 Å².